The number of aromatic carboxylic acids is 1. The van der Waals surface area contributed by atoms with Crippen LogP contribution in [0.25, 0.3) is 10.9 Å². The van der Waals surface area contributed by atoms with Crippen molar-refractivity contribution in [2.75, 3.05) is 6.54 Å². The molecule has 0 saturated carbocycles. The lowest BCUT2D eigenvalue weighted by Crippen LogP contribution is -2.38. The zero-order chi connectivity index (χ0) is 21.7. The molecule has 0 N–H and O–H groups in total. The number of carboxylic acids is 1. The summed E-state index contributed by atoms with van der Waals surface area (Å²) >= 11 is 0. The molecule has 1 aromatic heterocycles. The molecule has 3 aromatic rings. The number of carbonyl (C=O) groups excluding carboxylic acids is 1. The van der Waals surface area contributed by atoms with Crippen LogP contribution in [0.5, 0.6) is 0 Å². The Morgan fingerprint density at radius 2 is 1.73 bits per heavy atom. The fourth-order valence-corrected chi connectivity index (χ4v) is 5.29. The number of sulfonamides is 1. The Labute approximate surface area is 176 Å². The Kier molecular flexibility index (Phi) is 4.91. The number of nitrogens with zero attached hydrogens (tertiary/aromatic N) is 2. The van der Waals surface area contributed by atoms with Gasteiger partial charge in [-0.05, 0) is 34.7 Å². The van der Waals surface area contributed by atoms with E-state index in [2.05, 4.69) is 25.8 Å². The van der Waals surface area contributed by atoms with Gasteiger partial charge in [-0.3, -0.25) is 4.98 Å². The molecule has 0 atom stereocenters. The largest absolute Gasteiger partial charge is 0.545 e. The second kappa shape index (κ2) is 7.18. The number of hydrogen-bond acceptors (Lipinski definition) is 5. The van der Waals surface area contributed by atoms with E-state index >= 15 is 0 Å². The fourth-order valence-electron chi connectivity index (χ4n) is 3.88. The van der Waals surface area contributed by atoms with Gasteiger partial charge in [-0.15, -0.1) is 0 Å². The number of aromatic nitrogens is 1. The lowest BCUT2D eigenvalue weighted by molar-refractivity contribution is -0.254. The summed E-state index contributed by atoms with van der Waals surface area (Å²) in [4.78, 5) is 16.7. The van der Waals surface area contributed by atoms with Crippen LogP contribution in [-0.4, -0.2) is 30.2 Å². The van der Waals surface area contributed by atoms with E-state index in [4.69, 9.17) is 0 Å². The molecule has 0 amide bonds. The molecule has 4 rings (SSSR count). The highest BCUT2D eigenvalue weighted by Gasteiger charge is 2.31. The van der Waals surface area contributed by atoms with E-state index in [0.717, 1.165) is 5.56 Å². The van der Waals surface area contributed by atoms with Gasteiger partial charge in [0.05, 0.1) is 16.4 Å². The Morgan fingerprint density at radius 1 is 1.07 bits per heavy atom. The first-order chi connectivity index (χ1) is 14.1. The number of pyridine rings is 1. The third-order valence-corrected chi connectivity index (χ3v) is 7.43. The average Bonchev–Trinajstić information content (AvgIpc) is 2.70. The monoisotopic (exact) mass is 423 g/mol. The fraction of sp³-hybridized carbons (Fsp3) is 0.304. The third-order valence-electron chi connectivity index (χ3n) is 5.57. The van der Waals surface area contributed by atoms with Crippen LogP contribution in [0.1, 0.15) is 48.0 Å². The van der Waals surface area contributed by atoms with E-state index in [1.807, 2.05) is 12.1 Å². The molecular weight excluding hydrogens is 400 g/mol. The first-order valence-corrected chi connectivity index (χ1v) is 11.3. The molecule has 30 heavy (non-hydrogen) atoms. The molecule has 6 nitrogen and oxygen atoms in total. The number of para-hydroxylation sites is 1. The standard InChI is InChI=1S/C23H24N2O4S/c1-23(2,3)15-8-10-16(11-9-15)30(28,29)25-13-12-20-18(14-25)21(22(26)27)17-6-4-5-7-19(17)24-20/h4-11H,12-14H2,1-3H3,(H,26,27)/p-1. The summed E-state index contributed by atoms with van der Waals surface area (Å²) in [5.41, 5.74) is 2.59. The minimum atomic E-state index is -3.77. The maximum Gasteiger partial charge on any atom is 0.243 e. The van der Waals surface area contributed by atoms with E-state index in [1.54, 1.807) is 36.4 Å². The highest BCUT2D eigenvalue weighted by molar-refractivity contribution is 7.89. The minimum absolute atomic E-state index is 0.0265. The summed E-state index contributed by atoms with van der Waals surface area (Å²) in [5.74, 6) is -1.32. The van der Waals surface area contributed by atoms with Crippen molar-refractivity contribution < 1.29 is 18.3 Å². The minimum Gasteiger partial charge on any atom is -0.545 e. The molecule has 2 heterocycles. The summed E-state index contributed by atoms with van der Waals surface area (Å²) in [6.07, 6.45) is 0.347. The lowest BCUT2D eigenvalue weighted by atomic mass is 9.87. The Hall–Kier alpha value is -2.77. The maximum atomic E-state index is 13.2. The molecule has 2 aromatic carbocycles. The molecule has 1 aliphatic rings. The van der Waals surface area contributed by atoms with Crippen LogP contribution < -0.4 is 5.11 Å². The van der Waals surface area contributed by atoms with Crippen LogP contribution in [0.4, 0.5) is 0 Å². The Balaban J connectivity index is 1.75. The van der Waals surface area contributed by atoms with Crippen LogP contribution in [0.2, 0.25) is 0 Å². The number of carbonyl (C=O) groups is 1. The summed E-state index contributed by atoms with van der Waals surface area (Å²) in [7, 11) is -3.77. The number of carboxylic acid groups (broad SMARTS) is 1. The van der Waals surface area contributed by atoms with E-state index in [0.29, 0.717) is 28.6 Å². The Bertz CT molecular complexity index is 1240. The van der Waals surface area contributed by atoms with Crippen LogP contribution in [-0.2, 0) is 28.4 Å². The number of benzene rings is 2. The normalized spacial score (nSPS) is 15.2. The quantitative estimate of drug-likeness (QED) is 0.646. The molecule has 0 aliphatic carbocycles. The van der Waals surface area contributed by atoms with Gasteiger partial charge in [0.25, 0.3) is 0 Å². The number of hydrogen-bond donors (Lipinski definition) is 0. The third kappa shape index (κ3) is 3.48. The van der Waals surface area contributed by atoms with Gasteiger partial charge in [-0.25, -0.2) is 8.42 Å². The van der Waals surface area contributed by atoms with Crippen LogP contribution >= 0.6 is 0 Å². The maximum absolute atomic E-state index is 13.2. The van der Waals surface area contributed by atoms with Crippen molar-refractivity contribution >= 4 is 26.9 Å². The molecule has 0 radical (unpaired) electrons. The van der Waals surface area contributed by atoms with Crippen molar-refractivity contribution in [3.05, 3.63) is 70.9 Å². The molecule has 1 aliphatic heterocycles. The van der Waals surface area contributed by atoms with Crippen molar-refractivity contribution in [3.63, 3.8) is 0 Å². The average molecular weight is 424 g/mol. The summed E-state index contributed by atoms with van der Waals surface area (Å²) in [6.45, 7) is 6.40. The van der Waals surface area contributed by atoms with Crippen molar-refractivity contribution in [2.24, 2.45) is 0 Å². The molecule has 0 bridgehead atoms. The smallest absolute Gasteiger partial charge is 0.243 e. The molecular formula is C23H23N2O4S-. The highest BCUT2D eigenvalue weighted by atomic mass is 32.2. The summed E-state index contributed by atoms with van der Waals surface area (Å²) in [5, 5.41) is 12.4. The van der Waals surface area contributed by atoms with Crippen molar-refractivity contribution in [1.82, 2.24) is 9.29 Å². The highest BCUT2D eigenvalue weighted by Crippen LogP contribution is 2.31. The van der Waals surface area contributed by atoms with Gasteiger partial charge in [0.1, 0.15) is 0 Å². The van der Waals surface area contributed by atoms with Crippen molar-refractivity contribution in [3.8, 4) is 0 Å². The van der Waals surface area contributed by atoms with Gasteiger partial charge >= 0.3 is 0 Å². The number of rotatable bonds is 3. The lowest BCUT2D eigenvalue weighted by Gasteiger charge is -2.30. The predicted molar refractivity (Wildman–Crippen MR) is 113 cm³/mol. The van der Waals surface area contributed by atoms with Gasteiger partial charge in [-0.1, -0.05) is 51.1 Å². The van der Waals surface area contributed by atoms with E-state index < -0.39 is 16.0 Å². The van der Waals surface area contributed by atoms with Gasteiger partial charge in [-0.2, -0.15) is 4.31 Å². The van der Waals surface area contributed by atoms with E-state index in [1.165, 1.54) is 4.31 Å². The SMILES string of the molecule is CC(C)(C)c1ccc(S(=O)(=O)N2CCc3nc4ccccc4c(C(=O)[O-])c3C2)cc1. The zero-order valence-corrected chi connectivity index (χ0v) is 18.0. The first-order valence-electron chi connectivity index (χ1n) is 9.81. The van der Waals surface area contributed by atoms with Gasteiger partial charge in [0, 0.05) is 36.2 Å². The van der Waals surface area contributed by atoms with E-state index in [-0.39, 0.29) is 29.0 Å². The van der Waals surface area contributed by atoms with Crippen LogP contribution in [0.3, 0.4) is 0 Å². The van der Waals surface area contributed by atoms with Crippen LogP contribution in [0, 0.1) is 0 Å². The molecule has 0 unspecified atom stereocenters. The number of fused-ring (bicyclic) bond motifs is 2. The molecule has 0 saturated heterocycles. The Morgan fingerprint density at radius 3 is 2.37 bits per heavy atom. The van der Waals surface area contributed by atoms with E-state index in [9.17, 15) is 18.3 Å². The van der Waals surface area contributed by atoms with Crippen molar-refractivity contribution in [1.29, 1.82) is 0 Å². The topological polar surface area (TPSA) is 90.4 Å². The second-order valence-corrected chi connectivity index (χ2v) is 10.5. The second-order valence-electron chi connectivity index (χ2n) is 8.58. The zero-order valence-electron chi connectivity index (χ0n) is 17.2. The molecule has 7 heteroatoms. The van der Waals surface area contributed by atoms with Gasteiger partial charge in [0.15, 0.2) is 0 Å². The van der Waals surface area contributed by atoms with Crippen molar-refractivity contribution in [2.45, 2.75) is 44.0 Å². The molecule has 0 fully saturated rings. The molecule has 0 spiro atoms. The molecule has 156 valence electrons. The van der Waals surface area contributed by atoms with Gasteiger partial charge in [0.2, 0.25) is 10.0 Å². The first kappa shape index (κ1) is 20.5. The predicted octanol–water partition coefficient (Wildman–Crippen LogP) is 2.64. The summed E-state index contributed by atoms with van der Waals surface area (Å²) < 4.78 is 27.8. The van der Waals surface area contributed by atoms with Gasteiger partial charge < -0.3 is 9.90 Å². The summed E-state index contributed by atoms with van der Waals surface area (Å²) in [6, 6.07) is 13.8. The van der Waals surface area contributed by atoms with Crippen LogP contribution in [0.15, 0.2) is 53.4 Å².